The molecule has 0 aliphatic heterocycles. The van der Waals surface area contributed by atoms with Crippen LogP contribution in [0.25, 0.3) is 0 Å². The first-order chi connectivity index (χ1) is 9.99. The van der Waals surface area contributed by atoms with Gasteiger partial charge < -0.3 is 5.32 Å². The van der Waals surface area contributed by atoms with Crippen LogP contribution in [0, 0.1) is 17.0 Å². The average molecular weight is 370 g/mol. The van der Waals surface area contributed by atoms with E-state index in [0.717, 1.165) is 15.6 Å². The lowest BCUT2D eigenvalue weighted by Gasteiger charge is -2.09. The Morgan fingerprint density at radius 2 is 1.95 bits per heavy atom. The van der Waals surface area contributed by atoms with Crippen LogP contribution in [-0.4, -0.2) is 4.92 Å². The highest BCUT2D eigenvalue weighted by Gasteiger charge is 2.12. The lowest BCUT2D eigenvalue weighted by Crippen LogP contribution is -2.14. The highest BCUT2D eigenvalue weighted by Crippen LogP contribution is 2.22. The largest absolute Gasteiger partial charge is 0.309 e. The Labute approximate surface area is 136 Å². The van der Waals surface area contributed by atoms with E-state index in [-0.39, 0.29) is 10.6 Å². The van der Waals surface area contributed by atoms with E-state index >= 15 is 0 Å². The molecule has 0 unspecified atom stereocenters. The molecule has 1 N–H and O–H groups in total. The summed E-state index contributed by atoms with van der Waals surface area (Å²) in [6.45, 7) is 2.91. The number of benzene rings is 2. The Balaban J connectivity index is 2.05. The molecule has 6 heteroatoms. The fraction of sp³-hybridized carbons (Fsp3) is 0.200. The summed E-state index contributed by atoms with van der Waals surface area (Å²) >= 11 is 9.53. The SMILES string of the molecule is Cc1c(CNCc2cc(Br)ccc2Cl)cccc1[N+](=O)[O-]. The van der Waals surface area contributed by atoms with E-state index in [9.17, 15) is 10.1 Å². The van der Waals surface area contributed by atoms with Gasteiger partial charge in [-0.1, -0.05) is 39.7 Å². The summed E-state index contributed by atoms with van der Waals surface area (Å²) in [7, 11) is 0. The van der Waals surface area contributed by atoms with Gasteiger partial charge >= 0.3 is 0 Å². The molecular weight excluding hydrogens is 356 g/mol. The lowest BCUT2D eigenvalue weighted by molar-refractivity contribution is -0.385. The number of hydrogen-bond donors (Lipinski definition) is 1. The van der Waals surface area contributed by atoms with Gasteiger partial charge in [0.25, 0.3) is 5.69 Å². The van der Waals surface area contributed by atoms with Crippen LogP contribution >= 0.6 is 27.5 Å². The minimum atomic E-state index is -0.357. The molecule has 2 aromatic rings. The maximum Gasteiger partial charge on any atom is 0.272 e. The molecule has 0 radical (unpaired) electrons. The first-order valence-electron chi connectivity index (χ1n) is 6.36. The summed E-state index contributed by atoms with van der Waals surface area (Å²) in [6, 6.07) is 10.8. The number of nitrogens with one attached hydrogen (secondary N) is 1. The van der Waals surface area contributed by atoms with Gasteiger partial charge in [0.2, 0.25) is 0 Å². The standard InChI is InChI=1S/C15H14BrClN2O2/c1-10-11(3-2-4-15(10)19(20)21)8-18-9-12-7-13(16)5-6-14(12)17/h2-7,18H,8-9H2,1H3. The van der Waals surface area contributed by atoms with Gasteiger partial charge in [0.05, 0.1) is 4.92 Å². The maximum absolute atomic E-state index is 10.9. The summed E-state index contributed by atoms with van der Waals surface area (Å²) in [5, 5.41) is 14.9. The van der Waals surface area contributed by atoms with Crippen molar-refractivity contribution in [1.82, 2.24) is 5.32 Å². The van der Waals surface area contributed by atoms with E-state index in [0.29, 0.717) is 23.7 Å². The third kappa shape index (κ3) is 4.03. The van der Waals surface area contributed by atoms with Crippen molar-refractivity contribution in [3.05, 3.63) is 72.7 Å². The fourth-order valence-electron chi connectivity index (χ4n) is 2.07. The maximum atomic E-state index is 10.9. The first-order valence-corrected chi connectivity index (χ1v) is 7.53. The van der Waals surface area contributed by atoms with Gasteiger partial charge in [0.15, 0.2) is 0 Å². The minimum Gasteiger partial charge on any atom is -0.309 e. The van der Waals surface area contributed by atoms with Gasteiger partial charge in [-0.3, -0.25) is 10.1 Å². The molecule has 0 atom stereocenters. The molecule has 0 saturated carbocycles. The van der Waals surface area contributed by atoms with Crippen molar-refractivity contribution in [2.45, 2.75) is 20.0 Å². The van der Waals surface area contributed by atoms with Gasteiger partial charge in [0, 0.05) is 34.2 Å². The van der Waals surface area contributed by atoms with E-state index in [1.807, 2.05) is 24.3 Å². The molecule has 0 aliphatic rings. The highest BCUT2D eigenvalue weighted by atomic mass is 79.9. The number of nitrogens with zero attached hydrogens (tertiary/aromatic N) is 1. The molecule has 21 heavy (non-hydrogen) atoms. The Kier molecular flexibility index (Phi) is 5.33. The van der Waals surface area contributed by atoms with Crippen LogP contribution in [0.1, 0.15) is 16.7 Å². The zero-order valence-corrected chi connectivity index (χ0v) is 13.7. The number of halogens is 2. The zero-order chi connectivity index (χ0) is 15.4. The van der Waals surface area contributed by atoms with Crippen molar-refractivity contribution in [3.63, 3.8) is 0 Å². The van der Waals surface area contributed by atoms with Gasteiger partial charge in [-0.15, -0.1) is 0 Å². The van der Waals surface area contributed by atoms with Crippen LogP contribution in [0.2, 0.25) is 5.02 Å². The number of nitro groups is 1. The van der Waals surface area contributed by atoms with Crippen molar-refractivity contribution in [3.8, 4) is 0 Å². The molecule has 0 heterocycles. The fourth-order valence-corrected chi connectivity index (χ4v) is 2.66. The summed E-state index contributed by atoms with van der Waals surface area (Å²) < 4.78 is 0.968. The summed E-state index contributed by atoms with van der Waals surface area (Å²) in [4.78, 5) is 10.6. The second-order valence-electron chi connectivity index (χ2n) is 4.66. The molecule has 2 rings (SSSR count). The van der Waals surface area contributed by atoms with Crippen molar-refractivity contribution in [2.75, 3.05) is 0 Å². The van der Waals surface area contributed by atoms with Crippen LogP contribution < -0.4 is 5.32 Å². The molecule has 110 valence electrons. The lowest BCUT2D eigenvalue weighted by atomic mass is 10.1. The summed E-state index contributed by atoms with van der Waals surface area (Å²) in [5.41, 5.74) is 2.73. The van der Waals surface area contributed by atoms with Gasteiger partial charge in [-0.05, 0) is 36.2 Å². The molecular formula is C15H14BrClN2O2. The zero-order valence-electron chi connectivity index (χ0n) is 11.4. The molecule has 4 nitrogen and oxygen atoms in total. The minimum absolute atomic E-state index is 0.148. The average Bonchev–Trinajstić information content (AvgIpc) is 2.44. The number of rotatable bonds is 5. The van der Waals surface area contributed by atoms with Gasteiger partial charge in [0.1, 0.15) is 0 Å². The van der Waals surface area contributed by atoms with E-state index in [1.165, 1.54) is 6.07 Å². The predicted octanol–water partition coefficient (Wildman–Crippen LogP) is 4.61. The molecule has 0 amide bonds. The molecule has 2 aromatic carbocycles. The van der Waals surface area contributed by atoms with Gasteiger partial charge in [-0.25, -0.2) is 0 Å². The Bertz CT molecular complexity index is 677. The van der Waals surface area contributed by atoms with Crippen LogP contribution in [0.3, 0.4) is 0 Å². The Morgan fingerprint density at radius 1 is 1.24 bits per heavy atom. The molecule has 0 fully saturated rings. The van der Waals surface area contributed by atoms with E-state index in [4.69, 9.17) is 11.6 Å². The Morgan fingerprint density at radius 3 is 2.67 bits per heavy atom. The number of hydrogen-bond acceptors (Lipinski definition) is 3. The normalized spacial score (nSPS) is 10.6. The molecule has 0 bridgehead atoms. The summed E-state index contributed by atoms with van der Waals surface area (Å²) in [6.07, 6.45) is 0. The van der Waals surface area contributed by atoms with E-state index < -0.39 is 0 Å². The highest BCUT2D eigenvalue weighted by molar-refractivity contribution is 9.10. The Hall–Kier alpha value is -1.43. The third-order valence-corrected chi connectivity index (χ3v) is 4.11. The van der Waals surface area contributed by atoms with Crippen LogP contribution in [0.15, 0.2) is 40.9 Å². The molecule has 0 aromatic heterocycles. The van der Waals surface area contributed by atoms with Crippen molar-refractivity contribution in [1.29, 1.82) is 0 Å². The van der Waals surface area contributed by atoms with Crippen molar-refractivity contribution in [2.24, 2.45) is 0 Å². The quantitative estimate of drug-likeness (QED) is 0.618. The monoisotopic (exact) mass is 368 g/mol. The van der Waals surface area contributed by atoms with Gasteiger partial charge in [-0.2, -0.15) is 0 Å². The molecule has 0 spiro atoms. The van der Waals surface area contributed by atoms with Crippen LogP contribution in [0.5, 0.6) is 0 Å². The molecule has 0 aliphatic carbocycles. The molecule has 0 saturated heterocycles. The first kappa shape index (κ1) is 15.9. The van der Waals surface area contributed by atoms with Crippen LogP contribution in [-0.2, 0) is 13.1 Å². The number of nitro benzene ring substituents is 1. The van der Waals surface area contributed by atoms with E-state index in [1.54, 1.807) is 13.0 Å². The topological polar surface area (TPSA) is 55.2 Å². The second kappa shape index (κ2) is 7.02. The van der Waals surface area contributed by atoms with Crippen molar-refractivity contribution >= 4 is 33.2 Å². The van der Waals surface area contributed by atoms with Crippen LogP contribution in [0.4, 0.5) is 5.69 Å². The third-order valence-electron chi connectivity index (χ3n) is 3.25. The predicted molar refractivity (Wildman–Crippen MR) is 87.5 cm³/mol. The van der Waals surface area contributed by atoms with Crippen molar-refractivity contribution < 1.29 is 4.92 Å². The van der Waals surface area contributed by atoms with E-state index in [2.05, 4.69) is 21.2 Å². The summed E-state index contributed by atoms with van der Waals surface area (Å²) in [5.74, 6) is 0. The smallest absolute Gasteiger partial charge is 0.272 e. The second-order valence-corrected chi connectivity index (χ2v) is 5.98.